The Balaban J connectivity index is 0.000000614. The van der Waals surface area contributed by atoms with Gasteiger partial charge in [0.25, 0.3) is 0 Å². The van der Waals surface area contributed by atoms with E-state index in [-0.39, 0.29) is 5.48 Å². The molecule has 2 rings (SSSR count). The molecule has 28 heavy (non-hydrogen) atoms. The smallest absolute Gasteiger partial charge is 0.336 e. The highest BCUT2D eigenvalue weighted by Gasteiger charge is 2.22. The average molecular weight is 395 g/mol. The number of nitrogens with one attached hydrogen (secondary N) is 1. The minimum Gasteiger partial charge on any atom is -0.545 e. The van der Waals surface area contributed by atoms with Crippen molar-refractivity contribution < 1.29 is 60.0 Å². The van der Waals surface area contributed by atoms with Crippen molar-refractivity contribution in [1.82, 2.24) is 0 Å². The molecule has 0 saturated heterocycles. The molecule has 2 aromatic rings. The Morgan fingerprint density at radius 2 is 1.04 bits per heavy atom. The summed E-state index contributed by atoms with van der Waals surface area (Å²) in [4.78, 5) is 55.9. The number of pyridine rings is 1. The highest BCUT2D eigenvalue weighted by molar-refractivity contribution is 6.08. The molecule has 0 aliphatic carbocycles. The minimum atomic E-state index is -1.91. The molecule has 0 radical (unpaired) electrons. The van der Waals surface area contributed by atoms with Crippen LogP contribution < -0.4 is 10.1 Å². The topological polar surface area (TPSA) is 235 Å². The quantitative estimate of drug-likeness (QED) is 0.458. The summed E-state index contributed by atoms with van der Waals surface area (Å²) in [6.07, 6.45) is 3.15. The zero-order valence-corrected chi connectivity index (χ0v) is 13.7. The van der Waals surface area contributed by atoms with Gasteiger partial charge in [-0.1, -0.05) is 0 Å². The number of H-pyrrole nitrogens is 1. The van der Waals surface area contributed by atoms with Crippen LogP contribution in [0.1, 0.15) is 51.8 Å². The van der Waals surface area contributed by atoms with Gasteiger partial charge in [-0.2, -0.15) is 0 Å². The van der Waals surface area contributed by atoms with Crippen LogP contribution in [0.25, 0.3) is 0 Å². The standard InChI is InChI=1S/C10H6O8.C6H5NO2.H2O/c11-7(12)3-1-4(8(13)14)6(10(17)18)2-5(3)9(15)16;8-6(9)5-1-3-7-4-2-5;/h1-2H,(H,11,12)(H,13,14)(H,15,16)(H,17,18);1-4H,(H,8,9);1H2. The van der Waals surface area contributed by atoms with Gasteiger partial charge in [0, 0.05) is 17.7 Å². The number of hydrogen-bond acceptors (Lipinski definition) is 6. The van der Waals surface area contributed by atoms with Gasteiger partial charge in [-0.05, 0) is 12.1 Å². The molecule has 12 heteroatoms. The highest BCUT2D eigenvalue weighted by atomic mass is 16.4. The van der Waals surface area contributed by atoms with E-state index < -0.39 is 52.1 Å². The summed E-state index contributed by atoms with van der Waals surface area (Å²) in [7, 11) is 0. The molecule has 0 unspecified atom stereocenters. The van der Waals surface area contributed by atoms with Gasteiger partial charge >= 0.3 is 23.9 Å². The van der Waals surface area contributed by atoms with Crippen molar-refractivity contribution >= 4 is 29.8 Å². The molecule has 1 aromatic carbocycles. The maximum atomic E-state index is 10.8. The number of hydrogen-bond donors (Lipinski definition) is 4. The summed E-state index contributed by atoms with van der Waals surface area (Å²) in [6.45, 7) is 0. The van der Waals surface area contributed by atoms with Gasteiger partial charge in [-0.15, -0.1) is 0 Å². The molecule has 12 nitrogen and oxygen atoms in total. The van der Waals surface area contributed by atoms with Gasteiger partial charge < -0.3 is 35.8 Å². The number of aromatic nitrogens is 1. The Morgan fingerprint density at radius 1 is 0.679 bits per heavy atom. The second-order valence-corrected chi connectivity index (χ2v) is 4.74. The minimum absolute atomic E-state index is 0. The lowest BCUT2D eigenvalue weighted by Gasteiger charge is -2.10. The first kappa shape index (κ1) is 23.7. The molecule has 148 valence electrons. The van der Waals surface area contributed by atoms with Crippen LogP contribution in [-0.2, 0) is 0 Å². The van der Waals surface area contributed by atoms with Gasteiger partial charge in [0.2, 0.25) is 0 Å². The number of rotatable bonds is 5. The fourth-order valence-corrected chi connectivity index (χ4v) is 1.83. The van der Waals surface area contributed by atoms with Crippen molar-refractivity contribution in [2.45, 2.75) is 0 Å². The first-order chi connectivity index (χ1) is 12.6. The van der Waals surface area contributed by atoms with E-state index in [4.69, 9.17) is 20.4 Å². The van der Waals surface area contributed by atoms with E-state index >= 15 is 0 Å². The van der Waals surface area contributed by atoms with Gasteiger partial charge in [0.1, 0.15) is 0 Å². The number of carbonyl (C=O) groups is 5. The summed E-state index contributed by atoms with van der Waals surface area (Å²) in [5.74, 6) is -7.88. The number of aromatic amines is 1. The summed E-state index contributed by atoms with van der Waals surface area (Å²) in [5.41, 5.74) is -3.09. The maximum absolute atomic E-state index is 10.8. The Kier molecular flexibility index (Phi) is 8.44. The molecular weight excluding hydrogens is 382 g/mol. The van der Waals surface area contributed by atoms with Crippen LogP contribution in [0.15, 0.2) is 36.7 Å². The molecule has 0 spiro atoms. The first-order valence-electron chi connectivity index (χ1n) is 6.85. The predicted molar refractivity (Wildman–Crippen MR) is 85.2 cm³/mol. The van der Waals surface area contributed by atoms with Crippen LogP contribution in [0.4, 0.5) is 0 Å². The average Bonchev–Trinajstić information content (AvgIpc) is 2.61. The number of carboxylic acid groups (broad SMARTS) is 5. The van der Waals surface area contributed by atoms with Crippen molar-refractivity contribution in [2.75, 3.05) is 0 Å². The summed E-state index contributed by atoms with van der Waals surface area (Å²) < 4.78 is 0. The van der Waals surface area contributed by atoms with Crippen molar-refractivity contribution in [1.29, 1.82) is 0 Å². The van der Waals surface area contributed by atoms with Crippen molar-refractivity contribution in [3.8, 4) is 0 Å². The first-order valence-corrected chi connectivity index (χ1v) is 6.85. The van der Waals surface area contributed by atoms with Crippen molar-refractivity contribution in [2.24, 2.45) is 0 Å². The van der Waals surface area contributed by atoms with Crippen LogP contribution >= 0.6 is 0 Å². The fourth-order valence-electron chi connectivity index (χ4n) is 1.83. The molecule has 0 amide bonds. The molecule has 0 bridgehead atoms. The Labute approximate surface area is 155 Å². The lowest BCUT2D eigenvalue weighted by atomic mass is 9.98. The Bertz CT molecular complexity index is 823. The van der Waals surface area contributed by atoms with E-state index in [1.807, 2.05) is 0 Å². The van der Waals surface area contributed by atoms with E-state index in [0.29, 0.717) is 17.7 Å². The van der Waals surface area contributed by atoms with E-state index in [2.05, 4.69) is 4.98 Å². The van der Waals surface area contributed by atoms with Crippen molar-refractivity contribution in [3.63, 3.8) is 0 Å². The zero-order chi connectivity index (χ0) is 20.7. The molecule has 7 N–H and O–H groups in total. The third-order valence-corrected chi connectivity index (χ3v) is 3.03. The number of aromatic carboxylic acids is 5. The summed E-state index contributed by atoms with van der Waals surface area (Å²) in [6, 6.07) is 3.93. The van der Waals surface area contributed by atoms with E-state index in [1.165, 1.54) is 12.1 Å². The molecule has 1 heterocycles. The molecule has 0 saturated carbocycles. The molecular formula is C16H13NO11. The summed E-state index contributed by atoms with van der Waals surface area (Å²) >= 11 is 0. The van der Waals surface area contributed by atoms with E-state index in [1.54, 1.807) is 12.4 Å². The normalized spacial score (nSPS) is 9.14. The van der Waals surface area contributed by atoms with Crippen molar-refractivity contribution in [3.05, 3.63) is 64.5 Å². The second kappa shape index (κ2) is 9.98. The monoisotopic (exact) mass is 395 g/mol. The molecule has 0 aliphatic rings. The van der Waals surface area contributed by atoms with Crippen LogP contribution in [0.2, 0.25) is 0 Å². The largest absolute Gasteiger partial charge is 0.545 e. The van der Waals surface area contributed by atoms with E-state index in [0.717, 1.165) is 0 Å². The van der Waals surface area contributed by atoms with Gasteiger partial charge in [-0.3, -0.25) is 0 Å². The van der Waals surface area contributed by atoms with E-state index in [9.17, 15) is 29.1 Å². The third-order valence-electron chi connectivity index (χ3n) is 3.03. The van der Waals surface area contributed by atoms with Gasteiger partial charge in [0.15, 0.2) is 12.4 Å². The Morgan fingerprint density at radius 3 is 1.32 bits per heavy atom. The number of benzene rings is 1. The Hall–Kier alpha value is -4.32. The van der Waals surface area contributed by atoms with Gasteiger partial charge in [0.05, 0.1) is 28.2 Å². The number of carboxylic acids is 5. The lowest BCUT2D eigenvalue weighted by Crippen LogP contribution is -2.26. The second-order valence-electron chi connectivity index (χ2n) is 4.74. The maximum Gasteiger partial charge on any atom is 0.336 e. The SMILES string of the molecule is O.O=C(O)c1cc[nH+]cc1.O=C([O-])c1cc(C(=O)O)c(C(=O)O)cc1C(=O)O. The van der Waals surface area contributed by atoms with Gasteiger partial charge in [-0.25, -0.2) is 24.2 Å². The van der Waals surface area contributed by atoms with Crippen LogP contribution in [0, 0.1) is 0 Å². The highest BCUT2D eigenvalue weighted by Crippen LogP contribution is 2.18. The molecule has 0 aliphatic heterocycles. The third kappa shape index (κ3) is 5.89. The zero-order valence-electron chi connectivity index (χ0n) is 13.7. The molecule has 0 atom stereocenters. The number of carbonyl (C=O) groups excluding carboxylic acids is 1. The molecule has 0 fully saturated rings. The fraction of sp³-hybridized carbons (Fsp3) is 0. The van der Waals surface area contributed by atoms with Crippen LogP contribution in [0.5, 0.6) is 0 Å². The van der Waals surface area contributed by atoms with Crippen LogP contribution in [-0.4, -0.2) is 55.7 Å². The lowest BCUT2D eigenvalue weighted by molar-refractivity contribution is -0.378. The van der Waals surface area contributed by atoms with Crippen LogP contribution in [0.3, 0.4) is 0 Å². The predicted octanol–water partition coefficient (Wildman–Crippen LogP) is -1.48. The molecule has 1 aromatic heterocycles. The summed E-state index contributed by atoms with van der Waals surface area (Å²) in [5, 5.41) is 45.2.